The Bertz CT molecular complexity index is 832. The first-order chi connectivity index (χ1) is 12.1. The molecule has 1 N–H and O–H groups in total. The van der Waals surface area contributed by atoms with E-state index in [4.69, 9.17) is 27.9 Å². The molecule has 3 aromatic rings. The van der Waals surface area contributed by atoms with Gasteiger partial charge in [-0.3, -0.25) is 0 Å². The van der Waals surface area contributed by atoms with E-state index in [-0.39, 0.29) is 5.82 Å². The topological polar surface area (TPSA) is 21.3 Å². The molecule has 25 heavy (non-hydrogen) atoms. The van der Waals surface area contributed by atoms with Crippen LogP contribution in [0.1, 0.15) is 11.1 Å². The fourth-order valence-corrected chi connectivity index (χ4v) is 2.85. The van der Waals surface area contributed by atoms with Crippen LogP contribution in [0.25, 0.3) is 0 Å². The highest BCUT2D eigenvalue weighted by Gasteiger charge is 2.06. The first-order valence-electron chi connectivity index (χ1n) is 7.76. The zero-order chi connectivity index (χ0) is 17.6. The standard InChI is InChI=1S/C20H16Cl2FNO/c21-19-5-2-6-20(22)18(19)13-25-17-4-1-3-14(11-17)12-24-16-9-7-15(23)8-10-16/h1-11,24H,12-13H2. The van der Waals surface area contributed by atoms with Crippen LogP contribution in [0.15, 0.2) is 66.7 Å². The van der Waals surface area contributed by atoms with Crippen molar-refractivity contribution in [1.29, 1.82) is 0 Å². The molecule has 0 amide bonds. The molecule has 0 aliphatic heterocycles. The third-order valence-corrected chi connectivity index (χ3v) is 4.39. The lowest BCUT2D eigenvalue weighted by Crippen LogP contribution is -2.01. The van der Waals surface area contributed by atoms with Gasteiger partial charge in [0.05, 0.1) is 0 Å². The maximum atomic E-state index is 12.9. The molecule has 0 radical (unpaired) electrons. The molecule has 0 heterocycles. The number of hydrogen-bond acceptors (Lipinski definition) is 2. The Hall–Kier alpha value is -2.23. The smallest absolute Gasteiger partial charge is 0.123 e. The lowest BCUT2D eigenvalue weighted by Gasteiger charge is -2.11. The molecule has 0 saturated carbocycles. The van der Waals surface area contributed by atoms with Crippen molar-refractivity contribution in [2.24, 2.45) is 0 Å². The molecule has 0 bridgehead atoms. The lowest BCUT2D eigenvalue weighted by molar-refractivity contribution is 0.306. The van der Waals surface area contributed by atoms with E-state index in [1.807, 2.05) is 24.3 Å². The van der Waals surface area contributed by atoms with Gasteiger partial charge in [0, 0.05) is 27.8 Å². The summed E-state index contributed by atoms with van der Waals surface area (Å²) in [5.41, 5.74) is 2.67. The summed E-state index contributed by atoms with van der Waals surface area (Å²) in [6.45, 7) is 0.906. The first-order valence-corrected chi connectivity index (χ1v) is 8.51. The zero-order valence-corrected chi connectivity index (χ0v) is 14.8. The van der Waals surface area contributed by atoms with Gasteiger partial charge in [-0.1, -0.05) is 41.4 Å². The summed E-state index contributed by atoms with van der Waals surface area (Å²) < 4.78 is 18.7. The monoisotopic (exact) mass is 375 g/mol. The molecular formula is C20H16Cl2FNO. The number of nitrogens with one attached hydrogen (secondary N) is 1. The van der Waals surface area contributed by atoms with Crippen LogP contribution in [-0.2, 0) is 13.2 Å². The van der Waals surface area contributed by atoms with Crippen LogP contribution in [-0.4, -0.2) is 0 Å². The average Bonchev–Trinajstić information content (AvgIpc) is 2.61. The van der Waals surface area contributed by atoms with Gasteiger partial charge in [-0.05, 0) is 54.1 Å². The van der Waals surface area contributed by atoms with Crippen LogP contribution in [0.5, 0.6) is 5.75 Å². The predicted molar refractivity (Wildman–Crippen MR) is 101 cm³/mol. The minimum absolute atomic E-state index is 0.251. The number of benzene rings is 3. The van der Waals surface area contributed by atoms with Crippen molar-refractivity contribution in [2.45, 2.75) is 13.2 Å². The Morgan fingerprint density at radius 2 is 1.56 bits per heavy atom. The minimum Gasteiger partial charge on any atom is -0.489 e. The van der Waals surface area contributed by atoms with Crippen molar-refractivity contribution in [2.75, 3.05) is 5.32 Å². The van der Waals surface area contributed by atoms with Crippen LogP contribution < -0.4 is 10.1 Å². The third-order valence-electron chi connectivity index (χ3n) is 3.68. The normalized spacial score (nSPS) is 10.5. The largest absolute Gasteiger partial charge is 0.489 e. The van der Waals surface area contributed by atoms with E-state index in [0.717, 1.165) is 22.6 Å². The Morgan fingerprint density at radius 3 is 2.28 bits per heavy atom. The molecule has 0 unspecified atom stereocenters. The van der Waals surface area contributed by atoms with Gasteiger partial charge in [-0.2, -0.15) is 0 Å². The quantitative estimate of drug-likeness (QED) is 0.543. The molecule has 3 aromatic carbocycles. The van der Waals surface area contributed by atoms with Crippen LogP contribution in [0.3, 0.4) is 0 Å². The van der Waals surface area contributed by atoms with Gasteiger partial charge in [-0.15, -0.1) is 0 Å². The summed E-state index contributed by atoms with van der Waals surface area (Å²) in [5, 5.41) is 4.41. The lowest BCUT2D eigenvalue weighted by atomic mass is 10.2. The molecule has 0 aliphatic carbocycles. The second-order valence-corrected chi connectivity index (χ2v) is 6.31. The van der Waals surface area contributed by atoms with Gasteiger partial charge in [0.1, 0.15) is 18.2 Å². The molecule has 0 atom stereocenters. The number of anilines is 1. The second-order valence-electron chi connectivity index (χ2n) is 5.50. The van der Waals surface area contributed by atoms with E-state index in [1.54, 1.807) is 30.3 Å². The van der Waals surface area contributed by atoms with Crippen molar-refractivity contribution in [3.05, 3.63) is 93.7 Å². The Kier molecular flexibility index (Phi) is 5.79. The number of rotatable bonds is 6. The van der Waals surface area contributed by atoms with Crippen LogP contribution in [0.2, 0.25) is 10.0 Å². The molecule has 128 valence electrons. The van der Waals surface area contributed by atoms with E-state index < -0.39 is 0 Å². The number of hydrogen-bond donors (Lipinski definition) is 1. The summed E-state index contributed by atoms with van der Waals surface area (Å²) >= 11 is 12.3. The fourth-order valence-electron chi connectivity index (χ4n) is 2.34. The highest BCUT2D eigenvalue weighted by molar-refractivity contribution is 6.35. The molecule has 0 aliphatic rings. The van der Waals surface area contributed by atoms with E-state index in [2.05, 4.69) is 5.32 Å². The maximum Gasteiger partial charge on any atom is 0.123 e. The van der Waals surface area contributed by atoms with Crippen LogP contribution >= 0.6 is 23.2 Å². The predicted octanol–water partition coefficient (Wildman–Crippen LogP) is 6.32. The van der Waals surface area contributed by atoms with Gasteiger partial charge in [0.2, 0.25) is 0 Å². The summed E-state index contributed by atoms with van der Waals surface area (Å²) in [7, 11) is 0. The van der Waals surface area contributed by atoms with E-state index in [0.29, 0.717) is 23.2 Å². The molecule has 5 heteroatoms. The summed E-state index contributed by atoms with van der Waals surface area (Å²) in [6, 6.07) is 19.4. The molecule has 0 saturated heterocycles. The minimum atomic E-state index is -0.251. The third kappa shape index (κ3) is 4.88. The molecule has 0 aromatic heterocycles. The fraction of sp³-hybridized carbons (Fsp3) is 0.100. The van der Waals surface area contributed by atoms with Gasteiger partial charge in [-0.25, -0.2) is 4.39 Å². The zero-order valence-electron chi connectivity index (χ0n) is 13.3. The van der Waals surface area contributed by atoms with Gasteiger partial charge < -0.3 is 10.1 Å². The Morgan fingerprint density at radius 1 is 0.880 bits per heavy atom. The van der Waals surface area contributed by atoms with Crippen molar-refractivity contribution in [3.8, 4) is 5.75 Å². The number of halogens is 3. The first kappa shape index (κ1) is 17.6. The van der Waals surface area contributed by atoms with Crippen molar-refractivity contribution < 1.29 is 9.13 Å². The van der Waals surface area contributed by atoms with Gasteiger partial charge in [0.15, 0.2) is 0 Å². The average molecular weight is 376 g/mol. The van der Waals surface area contributed by atoms with Crippen LogP contribution in [0, 0.1) is 5.82 Å². The molecule has 2 nitrogen and oxygen atoms in total. The van der Waals surface area contributed by atoms with Crippen molar-refractivity contribution in [1.82, 2.24) is 0 Å². The Balaban J connectivity index is 1.62. The molecule has 0 spiro atoms. The highest BCUT2D eigenvalue weighted by Crippen LogP contribution is 2.26. The summed E-state index contributed by atoms with van der Waals surface area (Å²) in [5.74, 6) is 0.480. The van der Waals surface area contributed by atoms with Crippen LogP contribution in [0.4, 0.5) is 10.1 Å². The summed E-state index contributed by atoms with van der Waals surface area (Å²) in [4.78, 5) is 0. The second kappa shape index (κ2) is 8.24. The van der Waals surface area contributed by atoms with E-state index >= 15 is 0 Å². The van der Waals surface area contributed by atoms with Gasteiger partial charge in [0.25, 0.3) is 0 Å². The molecule has 0 fully saturated rings. The van der Waals surface area contributed by atoms with E-state index in [1.165, 1.54) is 12.1 Å². The Labute approximate surface area is 156 Å². The SMILES string of the molecule is Fc1ccc(NCc2cccc(OCc3c(Cl)cccc3Cl)c2)cc1. The molecule has 3 rings (SSSR count). The highest BCUT2D eigenvalue weighted by atomic mass is 35.5. The number of ether oxygens (including phenoxy) is 1. The molecular weight excluding hydrogens is 360 g/mol. The van der Waals surface area contributed by atoms with Gasteiger partial charge >= 0.3 is 0 Å². The van der Waals surface area contributed by atoms with E-state index in [9.17, 15) is 4.39 Å². The summed E-state index contributed by atoms with van der Waals surface area (Å²) in [6.07, 6.45) is 0. The maximum absolute atomic E-state index is 12.9. The van der Waals surface area contributed by atoms with Crippen molar-refractivity contribution in [3.63, 3.8) is 0 Å². The van der Waals surface area contributed by atoms with Crippen molar-refractivity contribution >= 4 is 28.9 Å².